The number of fused-ring (bicyclic) bond motifs is 1. The van der Waals surface area contributed by atoms with Crippen LogP contribution in [0.4, 0.5) is 0 Å². The molecule has 90 valence electrons. The molecule has 0 saturated carbocycles. The Morgan fingerprint density at radius 1 is 1.00 bits per heavy atom. The number of nitrogens with zero attached hydrogens (tertiary/aromatic N) is 3. The predicted octanol–water partition coefficient (Wildman–Crippen LogP) is 3.25. The summed E-state index contributed by atoms with van der Waals surface area (Å²) in [7, 11) is 0. The third kappa shape index (κ3) is 2.17. The highest BCUT2D eigenvalue weighted by Crippen LogP contribution is 2.20. The van der Waals surface area contributed by atoms with Crippen LogP contribution in [0.25, 0.3) is 11.2 Å². The summed E-state index contributed by atoms with van der Waals surface area (Å²) in [4.78, 5) is 15.4. The monoisotopic (exact) mass is 278 g/mol. The molecule has 0 aliphatic heterocycles. The van der Waals surface area contributed by atoms with Crippen molar-refractivity contribution in [2.24, 2.45) is 0 Å². The van der Waals surface area contributed by atoms with Crippen LogP contribution in [0.5, 0.6) is 0 Å². The molecule has 0 bridgehead atoms. The van der Waals surface area contributed by atoms with Crippen LogP contribution in [0.1, 0.15) is 11.4 Å². The number of nitrogens with one attached hydrogen (secondary N) is 1. The Labute approximate surface area is 113 Å². The molecular formula is C12H8Cl2N4. The van der Waals surface area contributed by atoms with Crippen molar-refractivity contribution in [2.45, 2.75) is 6.42 Å². The van der Waals surface area contributed by atoms with Crippen molar-refractivity contribution in [3.05, 3.63) is 52.2 Å². The Hall–Kier alpha value is -1.65. The molecule has 0 radical (unpaired) electrons. The van der Waals surface area contributed by atoms with Gasteiger partial charge in [-0.05, 0) is 17.2 Å². The van der Waals surface area contributed by atoms with Crippen LogP contribution in [0.3, 0.4) is 0 Å². The number of hydrogen-bond acceptors (Lipinski definition) is 3. The normalized spacial score (nSPS) is 11.0. The van der Waals surface area contributed by atoms with Crippen molar-refractivity contribution in [3.8, 4) is 0 Å². The lowest BCUT2D eigenvalue weighted by Gasteiger charge is -1.96. The number of aromatic nitrogens is 4. The van der Waals surface area contributed by atoms with Gasteiger partial charge in [0.15, 0.2) is 10.8 Å². The molecule has 0 atom stereocenters. The quantitative estimate of drug-likeness (QED) is 0.578. The third-order valence-corrected chi connectivity index (χ3v) is 2.99. The first-order valence-corrected chi connectivity index (χ1v) is 6.09. The number of H-pyrrole nitrogens is 1. The van der Waals surface area contributed by atoms with Gasteiger partial charge in [0.2, 0.25) is 5.28 Å². The van der Waals surface area contributed by atoms with Gasteiger partial charge >= 0.3 is 0 Å². The molecule has 3 rings (SSSR count). The fraction of sp³-hybridized carbons (Fsp3) is 0.0833. The average molecular weight is 279 g/mol. The number of aromatic amines is 1. The minimum atomic E-state index is 0.102. The van der Waals surface area contributed by atoms with E-state index in [9.17, 15) is 0 Å². The maximum absolute atomic E-state index is 5.97. The van der Waals surface area contributed by atoms with Gasteiger partial charge < -0.3 is 4.98 Å². The molecule has 0 saturated heterocycles. The zero-order chi connectivity index (χ0) is 12.5. The van der Waals surface area contributed by atoms with E-state index in [4.69, 9.17) is 23.2 Å². The lowest BCUT2D eigenvalue weighted by molar-refractivity contribution is 1.03. The fourth-order valence-corrected chi connectivity index (χ4v) is 2.18. The Morgan fingerprint density at radius 3 is 2.56 bits per heavy atom. The molecular weight excluding hydrogens is 271 g/mol. The summed E-state index contributed by atoms with van der Waals surface area (Å²) in [6.07, 6.45) is 0.686. The number of imidazole rings is 1. The van der Waals surface area contributed by atoms with E-state index >= 15 is 0 Å². The van der Waals surface area contributed by atoms with E-state index in [0.717, 1.165) is 11.4 Å². The van der Waals surface area contributed by atoms with Gasteiger partial charge in [0.25, 0.3) is 0 Å². The van der Waals surface area contributed by atoms with Gasteiger partial charge in [-0.2, -0.15) is 4.98 Å². The summed E-state index contributed by atoms with van der Waals surface area (Å²) >= 11 is 11.7. The number of benzene rings is 1. The van der Waals surface area contributed by atoms with Crippen LogP contribution in [0.15, 0.2) is 30.3 Å². The molecule has 3 aromatic rings. The largest absolute Gasteiger partial charge is 0.338 e. The molecule has 1 aromatic carbocycles. The summed E-state index contributed by atoms with van der Waals surface area (Å²) in [6.45, 7) is 0. The van der Waals surface area contributed by atoms with E-state index in [-0.39, 0.29) is 10.4 Å². The molecule has 0 aliphatic rings. The van der Waals surface area contributed by atoms with Gasteiger partial charge in [-0.3, -0.25) is 0 Å². The molecule has 6 heteroatoms. The van der Waals surface area contributed by atoms with Crippen LogP contribution in [0, 0.1) is 0 Å². The maximum Gasteiger partial charge on any atom is 0.225 e. The highest BCUT2D eigenvalue weighted by molar-refractivity contribution is 6.35. The molecule has 2 heterocycles. The van der Waals surface area contributed by atoms with Crippen molar-refractivity contribution >= 4 is 34.4 Å². The van der Waals surface area contributed by atoms with Crippen LogP contribution < -0.4 is 0 Å². The number of rotatable bonds is 2. The Balaban J connectivity index is 2.01. The SMILES string of the molecule is Clc1nc(Cl)c2[nH]c(Cc3ccccc3)nc2n1. The zero-order valence-electron chi connectivity index (χ0n) is 9.19. The molecule has 1 N–H and O–H groups in total. The highest BCUT2D eigenvalue weighted by Gasteiger charge is 2.10. The van der Waals surface area contributed by atoms with Gasteiger partial charge in [-0.15, -0.1) is 0 Å². The van der Waals surface area contributed by atoms with Crippen molar-refractivity contribution < 1.29 is 0 Å². The van der Waals surface area contributed by atoms with E-state index in [1.807, 2.05) is 30.3 Å². The molecule has 0 spiro atoms. The Morgan fingerprint density at radius 2 is 1.78 bits per heavy atom. The highest BCUT2D eigenvalue weighted by atomic mass is 35.5. The standard InChI is InChI=1S/C12H8Cl2N4/c13-10-9-11(18-12(14)17-10)16-8(15-9)6-7-4-2-1-3-5-7/h1-5H,6H2,(H,15,16,17,18). The van der Waals surface area contributed by atoms with Gasteiger partial charge in [0, 0.05) is 6.42 Å². The van der Waals surface area contributed by atoms with Crippen molar-refractivity contribution in [3.63, 3.8) is 0 Å². The van der Waals surface area contributed by atoms with Gasteiger partial charge in [0.1, 0.15) is 11.3 Å². The number of halogens is 2. The number of hydrogen-bond donors (Lipinski definition) is 1. The molecule has 0 aliphatic carbocycles. The molecule has 0 unspecified atom stereocenters. The average Bonchev–Trinajstić information content (AvgIpc) is 2.73. The van der Waals surface area contributed by atoms with Crippen LogP contribution in [0.2, 0.25) is 10.4 Å². The molecule has 18 heavy (non-hydrogen) atoms. The van der Waals surface area contributed by atoms with Crippen molar-refractivity contribution in [1.29, 1.82) is 0 Å². The third-order valence-electron chi connectivity index (χ3n) is 2.54. The molecule has 4 nitrogen and oxygen atoms in total. The van der Waals surface area contributed by atoms with Crippen molar-refractivity contribution in [2.75, 3.05) is 0 Å². The minimum Gasteiger partial charge on any atom is -0.338 e. The van der Waals surface area contributed by atoms with Gasteiger partial charge in [-0.25, -0.2) is 9.97 Å². The zero-order valence-corrected chi connectivity index (χ0v) is 10.7. The van der Waals surface area contributed by atoms with E-state index < -0.39 is 0 Å². The first kappa shape index (κ1) is 11.4. The maximum atomic E-state index is 5.97. The Kier molecular flexibility index (Phi) is 2.89. The lowest BCUT2D eigenvalue weighted by Crippen LogP contribution is -1.89. The summed E-state index contributed by atoms with van der Waals surface area (Å²) in [5, 5.41) is 0.391. The fourth-order valence-electron chi connectivity index (χ4n) is 1.76. The summed E-state index contributed by atoms with van der Waals surface area (Å²) in [6, 6.07) is 10.0. The molecule has 2 aromatic heterocycles. The lowest BCUT2D eigenvalue weighted by atomic mass is 10.1. The second-order valence-corrected chi connectivity index (χ2v) is 4.52. The molecule has 0 amide bonds. The van der Waals surface area contributed by atoms with E-state index in [0.29, 0.717) is 17.6 Å². The first-order valence-electron chi connectivity index (χ1n) is 5.34. The van der Waals surface area contributed by atoms with Crippen LogP contribution >= 0.6 is 23.2 Å². The van der Waals surface area contributed by atoms with Crippen LogP contribution in [-0.2, 0) is 6.42 Å². The minimum absolute atomic E-state index is 0.102. The predicted molar refractivity (Wildman–Crippen MR) is 71.0 cm³/mol. The summed E-state index contributed by atoms with van der Waals surface area (Å²) < 4.78 is 0. The molecule has 0 fully saturated rings. The van der Waals surface area contributed by atoms with E-state index in [2.05, 4.69) is 19.9 Å². The van der Waals surface area contributed by atoms with E-state index in [1.165, 1.54) is 0 Å². The summed E-state index contributed by atoms with van der Waals surface area (Å²) in [5.41, 5.74) is 2.27. The topological polar surface area (TPSA) is 54.5 Å². The second-order valence-electron chi connectivity index (χ2n) is 3.83. The Bertz CT molecular complexity index is 694. The van der Waals surface area contributed by atoms with Crippen molar-refractivity contribution in [1.82, 2.24) is 19.9 Å². The smallest absolute Gasteiger partial charge is 0.225 e. The van der Waals surface area contributed by atoms with Gasteiger partial charge in [-0.1, -0.05) is 41.9 Å². The second kappa shape index (κ2) is 4.55. The first-order chi connectivity index (χ1) is 8.72. The summed E-state index contributed by atoms with van der Waals surface area (Å²) in [5.74, 6) is 0.787. The van der Waals surface area contributed by atoms with Gasteiger partial charge in [0.05, 0.1) is 0 Å². The van der Waals surface area contributed by atoms with E-state index in [1.54, 1.807) is 0 Å². The van der Waals surface area contributed by atoms with Crippen LogP contribution in [-0.4, -0.2) is 19.9 Å².